The van der Waals surface area contributed by atoms with Crippen molar-refractivity contribution in [3.63, 3.8) is 0 Å². The number of ether oxygens (including phenoxy) is 2. The first-order valence-corrected chi connectivity index (χ1v) is 15.4. The third-order valence-electron chi connectivity index (χ3n) is 7.18. The molecule has 2 aromatic carbocycles. The van der Waals surface area contributed by atoms with E-state index in [-0.39, 0.29) is 11.9 Å². The number of esters is 1. The van der Waals surface area contributed by atoms with Crippen LogP contribution in [0, 0.1) is 12.8 Å². The van der Waals surface area contributed by atoms with E-state index < -0.39 is 5.60 Å². The maximum atomic E-state index is 13.4. The van der Waals surface area contributed by atoms with Gasteiger partial charge in [0.1, 0.15) is 27.8 Å². The molecule has 0 saturated carbocycles. The van der Waals surface area contributed by atoms with E-state index >= 15 is 0 Å². The second-order valence-corrected chi connectivity index (χ2v) is 12.6. The lowest BCUT2D eigenvalue weighted by Gasteiger charge is -2.37. The van der Waals surface area contributed by atoms with E-state index in [4.69, 9.17) is 9.47 Å². The quantitative estimate of drug-likeness (QED) is 0.200. The fourth-order valence-corrected chi connectivity index (χ4v) is 6.04. The minimum absolute atomic E-state index is 0.169. The first kappa shape index (κ1) is 30.2. The molecule has 3 heterocycles. The highest BCUT2D eigenvalue weighted by molar-refractivity contribution is 7.13. The summed E-state index contributed by atoms with van der Waals surface area (Å²) in [5.74, 6) is 1.31. The summed E-state index contributed by atoms with van der Waals surface area (Å²) in [7, 11) is 0. The van der Waals surface area contributed by atoms with Gasteiger partial charge < -0.3 is 19.7 Å². The number of nitrogens with zero attached hydrogens (tertiary/aromatic N) is 4. The Balaban J connectivity index is 1.39. The molecule has 1 saturated heterocycles. The minimum Gasteiger partial charge on any atom is -0.460 e. The number of anilines is 2. The van der Waals surface area contributed by atoms with Gasteiger partial charge in [-0.3, -0.25) is 9.59 Å². The van der Waals surface area contributed by atoms with Gasteiger partial charge in [0.05, 0.1) is 23.8 Å². The molecule has 1 aliphatic heterocycles. The van der Waals surface area contributed by atoms with Crippen LogP contribution in [-0.4, -0.2) is 45.7 Å². The van der Waals surface area contributed by atoms with Gasteiger partial charge in [0.25, 0.3) is 5.91 Å². The molecule has 224 valence electrons. The van der Waals surface area contributed by atoms with E-state index in [0.717, 1.165) is 60.7 Å². The number of carbonyl (C=O) groups excluding carboxylic acids is 2. The van der Waals surface area contributed by atoms with Crippen molar-refractivity contribution in [1.29, 1.82) is 0 Å². The van der Waals surface area contributed by atoms with E-state index in [9.17, 15) is 9.59 Å². The van der Waals surface area contributed by atoms with Crippen molar-refractivity contribution in [2.45, 2.75) is 59.0 Å². The lowest BCUT2D eigenvalue weighted by atomic mass is 9.92. The summed E-state index contributed by atoms with van der Waals surface area (Å²) in [6, 6.07) is 15.2. The van der Waals surface area contributed by atoms with Crippen molar-refractivity contribution in [3.8, 4) is 22.1 Å². The molecule has 1 aliphatic rings. The van der Waals surface area contributed by atoms with Gasteiger partial charge >= 0.3 is 5.97 Å². The van der Waals surface area contributed by atoms with Gasteiger partial charge in [-0.15, -0.1) is 11.3 Å². The van der Waals surface area contributed by atoms with Crippen LogP contribution in [0.5, 0.6) is 11.5 Å². The summed E-state index contributed by atoms with van der Waals surface area (Å²) >= 11 is 1.38. The molecule has 10 heteroatoms. The maximum Gasteiger partial charge on any atom is 0.306 e. The van der Waals surface area contributed by atoms with E-state index in [1.165, 1.54) is 11.3 Å². The summed E-state index contributed by atoms with van der Waals surface area (Å²) in [6.07, 6.45) is 6.37. The summed E-state index contributed by atoms with van der Waals surface area (Å²) in [5, 5.41) is 13.3. The largest absolute Gasteiger partial charge is 0.460 e. The average molecular weight is 600 g/mol. The van der Waals surface area contributed by atoms with Crippen molar-refractivity contribution >= 4 is 34.6 Å². The zero-order valence-electron chi connectivity index (χ0n) is 25.0. The van der Waals surface area contributed by atoms with Crippen molar-refractivity contribution in [1.82, 2.24) is 15.2 Å². The molecule has 0 unspecified atom stereocenters. The normalized spacial score (nSPS) is 15.2. The van der Waals surface area contributed by atoms with Crippen LogP contribution in [0.3, 0.4) is 0 Å². The van der Waals surface area contributed by atoms with Gasteiger partial charge in [-0.2, -0.15) is 10.2 Å². The SMILES string of the molecule is Cc1c(Oc2ccccc2)ccc(NC(=O)c2csc(-c3ccnnc3)n2)c1N1CCC[C@H](CCC(=O)OC(C)(C)C)C1. The van der Waals surface area contributed by atoms with Gasteiger partial charge in [-0.1, -0.05) is 18.2 Å². The Morgan fingerprint density at radius 3 is 2.65 bits per heavy atom. The van der Waals surface area contributed by atoms with Crippen molar-refractivity contribution in [2.24, 2.45) is 5.92 Å². The highest BCUT2D eigenvalue weighted by atomic mass is 32.1. The predicted molar refractivity (Wildman–Crippen MR) is 169 cm³/mol. The van der Waals surface area contributed by atoms with Crippen molar-refractivity contribution in [3.05, 3.63) is 77.6 Å². The molecule has 1 atom stereocenters. The van der Waals surface area contributed by atoms with Crippen LogP contribution >= 0.6 is 11.3 Å². The highest BCUT2D eigenvalue weighted by Crippen LogP contribution is 2.40. The summed E-state index contributed by atoms with van der Waals surface area (Å²) < 4.78 is 11.8. The number of hydrogen-bond acceptors (Lipinski definition) is 9. The molecule has 0 radical (unpaired) electrons. The Morgan fingerprint density at radius 2 is 1.91 bits per heavy atom. The Bertz CT molecular complexity index is 1550. The first-order valence-electron chi connectivity index (χ1n) is 14.5. The zero-order chi connectivity index (χ0) is 30.4. The summed E-state index contributed by atoms with van der Waals surface area (Å²) in [5.41, 5.74) is 3.18. The number of benzene rings is 2. The van der Waals surface area contributed by atoms with Gasteiger partial charge in [-0.25, -0.2) is 4.98 Å². The van der Waals surface area contributed by atoms with Crippen LogP contribution in [0.25, 0.3) is 10.6 Å². The number of aromatic nitrogens is 3. The Labute approximate surface area is 256 Å². The molecular weight excluding hydrogens is 562 g/mol. The lowest BCUT2D eigenvalue weighted by Crippen LogP contribution is -2.37. The second kappa shape index (κ2) is 13.3. The third kappa shape index (κ3) is 7.95. The highest BCUT2D eigenvalue weighted by Gasteiger charge is 2.27. The number of nitrogens with one attached hydrogen (secondary N) is 1. The number of amides is 1. The van der Waals surface area contributed by atoms with Crippen LogP contribution in [0.15, 0.2) is 66.3 Å². The second-order valence-electron chi connectivity index (χ2n) is 11.7. The smallest absolute Gasteiger partial charge is 0.306 e. The van der Waals surface area contributed by atoms with Crippen LogP contribution in [-0.2, 0) is 9.53 Å². The molecule has 5 rings (SSSR count). The number of carbonyl (C=O) groups is 2. The molecule has 1 N–H and O–H groups in total. The lowest BCUT2D eigenvalue weighted by molar-refractivity contribution is -0.155. The number of para-hydroxylation sites is 1. The molecule has 0 spiro atoms. The van der Waals surface area contributed by atoms with Crippen LogP contribution in [0.4, 0.5) is 11.4 Å². The fourth-order valence-electron chi connectivity index (χ4n) is 5.25. The van der Waals surface area contributed by atoms with Crippen molar-refractivity contribution < 1.29 is 19.1 Å². The number of piperidine rings is 1. The van der Waals surface area contributed by atoms with Gasteiger partial charge in [0, 0.05) is 36.0 Å². The maximum absolute atomic E-state index is 13.4. The molecule has 9 nitrogen and oxygen atoms in total. The third-order valence-corrected chi connectivity index (χ3v) is 8.07. The van der Waals surface area contributed by atoms with E-state index in [0.29, 0.717) is 28.7 Å². The first-order chi connectivity index (χ1) is 20.7. The van der Waals surface area contributed by atoms with E-state index in [2.05, 4.69) is 25.4 Å². The van der Waals surface area contributed by atoms with Gasteiger partial charge in [0.2, 0.25) is 0 Å². The number of thiazole rings is 1. The predicted octanol–water partition coefficient (Wildman–Crippen LogP) is 7.29. The summed E-state index contributed by atoms with van der Waals surface area (Å²) in [4.78, 5) is 32.7. The molecule has 0 aliphatic carbocycles. The molecule has 2 aromatic heterocycles. The molecule has 1 fully saturated rings. The number of hydrogen-bond donors (Lipinski definition) is 1. The molecule has 0 bridgehead atoms. The molecule has 43 heavy (non-hydrogen) atoms. The zero-order valence-corrected chi connectivity index (χ0v) is 25.8. The van der Waals surface area contributed by atoms with Crippen LogP contribution in [0.1, 0.15) is 62.5 Å². The Hall–Kier alpha value is -4.31. The fraction of sp³-hybridized carbons (Fsp3) is 0.364. The van der Waals surface area contributed by atoms with E-state index in [1.807, 2.05) is 76.2 Å². The molecule has 4 aromatic rings. The standard InChI is InChI=1S/C33H37N5O4S/c1-22-28(41-25-10-6-5-7-11-25)14-13-26(36-31(40)27-21-43-32(37-27)24-16-17-34-35-19-24)30(22)38-18-8-9-23(20-38)12-15-29(39)42-33(2,3)4/h5-7,10-11,13-14,16-17,19,21,23H,8-9,12,15,18,20H2,1-4H3,(H,36,40)/t23-/m1/s1. The topological polar surface area (TPSA) is 107 Å². The van der Waals surface area contributed by atoms with Crippen LogP contribution < -0.4 is 15.0 Å². The Kier molecular flexibility index (Phi) is 9.35. The van der Waals surface area contributed by atoms with Crippen molar-refractivity contribution in [2.75, 3.05) is 23.3 Å². The van der Waals surface area contributed by atoms with Gasteiger partial charge in [-0.05, 0) is 83.2 Å². The van der Waals surface area contributed by atoms with Gasteiger partial charge in [0.15, 0.2) is 0 Å². The minimum atomic E-state index is -0.494. The summed E-state index contributed by atoms with van der Waals surface area (Å²) in [6.45, 7) is 9.27. The van der Waals surface area contributed by atoms with Crippen LogP contribution in [0.2, 0.25) is 0 Å². The monoisotopic (exact) mass is 599 g/mol. The molecular formula is C33H37N5O4S. The number of rotatable bonds is 9. The van der Waals surface area contributed by atoms with E-state index in [1.54, 1.807) is 17.8 Å². The molecule has 1 amide bonds. The Morgan fingerprint density at radius 1 is 1.09 bits per heavy atom. The average Bonchev–Trinajstić information content (AvgIpc) is 3.49.